The molecule has 0 radical (unpaired) electrons. The summed E-state index contributed by atoms with van der Waals surface area (Å²) >= 11 is 5.87. The molecule has 0 aliphatic carbocycles. The lowest BCUT2D eigenvalue weighted by molar-refractivity contribution is 0.368. The van der Waals surface area contributed by atoms with Gasteiger partial charge in [-0.3, -0.25) is 0 Å². The van der Waals surface area contributed by atoms with Crippen molar-refractivity contribution in [2.24, 2.45) is 0 Å². The number of nitrogens with zero attached hydrogens (tertiary/aromatic N) is 5. The molecule has 6 nitrogen and oxygen atoms in total. The van der Waals surface area contributed by atoms with E-state index in [-0.39, 0.29) is 0 Å². The lowest BCUT2D eigenvalue weighted by Gasteiger charge is -2.05. The van der Waals surface area contributed by atoms with Crippen molar-refractivity contribution in [1.82, 2.24) is 24.7 Å². The number of alkyl halides is 1. The fourth-order valence-corrected chi connectivity index (χ4v) is 2.49. The van der Waals surface area contributed by atoms with Gasteiger partial charge in [0.15, 0.2) is 11.5 Å². The maximum absolute atomic E-state index is 5.87. The van der Waals surface area contributed by atoms with Crippen molar-refractivity contribution in [3.05, 3.63) is 35.4 Å². The van der Waals surface area contributed by atoms with Crippen molar-refractivity contribution in [3.8, 4) is 0 Å². The van der Waals surface area contributed by atoms with Crippen LogP contribution < -0.4 is 0 Å². The number of pyridine rings is 1. The Kier molecular flexibility index (Phi) is 3.88. The first kappa shape index (κ1) is 14.0. The van der Waals surface area contributed by atoms with Gasteiger partial charge in [0.1, 0.15) is 11.3 Å². The molecule has 0 fully saturated rings. The van der Waals surface area contributed by atoms with Gasteiger partial charge < -0.3 is 9.09 Å². The van der Waals surface area contributed by atoms with Gasteiger partial charge in [-0.25, -0.2) is 9.97 Å². The second-order valence-electron chi connectivity index (χ2n) is 4.96. The first-order chi connectivity index (χ1) is 10.2. The molecule has 0 amide bonds. The third-order valence-corrected chi connectivity index (χ3v) is 3.43. The Hall–Kier alpha value is -1.95. The van der Waals surface area contributed by atoms with Crippen LogP contribution in [0, 0.1) is 13.8 Å². The van der Waals surface area contributed by atoms with Gasteiger partial charge in [-0.15, -0.1) is 11.6 Å². The summed E-state index contributed by atoms with van der Waals surface area (Å²) < 4.78 is 7.23. The topological polar surface area (TPSA) is 69.6 Å². The number of rotatable bonds is 5. The molecular weight excluding hydrogens is 290 g/mol. The maximum Gasteiger partial charge on any atom is 0.228 e. The molecule has 3 aromatic rings. The number of fused-ring (bicyclic) bond motifs is 1. The Morgan fingerprint density at radius 3 is 2.81 bits per heavy atom. The second-order valence-corrected chi connectivity index (χ2v) is 5.34. The van der Waals surface area contributed by atoms with E-state index in [2.05, 4.69) is 24.7 Å². The van der Waals surface area contributed by atoms with E-state index in [1.165, 1.54) is 0 Å². The van der Waals surface area contributed by atoms with Crippen LogP contribution in [0.2, 0.25) is 0 Å². The molecule has 0 aliphatic heterocycles. The van der Waals surface area contributed by atoms with Crippen molar-refractivity contribution < 1.29 is 4.52 Å². The number of hydrogen-bond donors (Lipinski definition) is 0. The van der Waals surface area contributed by atoms with Crippen LogP contribution in [0.3, 0.4) is 0 Å². The van der Waals surface area contributed by atoms with Gasteiger partial charge in [0.2, 0.25) is 5.89 Å². The number of aromatic nitrogens is 5. The fourth-order valence-electron chi connectivity index (χ4n) is 2.32. The molecule has 3 heterocycles. The fraction of sp³-hybridized carbons (Fsp3) is 0.429. The summed E-state index contributed by atoms with van der Waals surface area (Å²) in [5.41, 5.74) is 2.87. The standard InChI is InChI=1S/C14H16ClN5O/c1-9-7-11-14(16-8-9)20(12(18-11)3-5-15)6-4-13-17-10(2)19-21-13/h7-8H,3-6H2,1-2H3. The number of imidazole rings is 1. The lowest BCUT2D eigenvalue weighted by atomic mass is 10.3. The molecule has 0 bridgehead atoms. The molecule has 0 saturated heterocycles. The maximum atomic E-state index is 5.87. The van der Waals surface area contributed by atoms with Crippen molar-refractivity contribution in [2.45, 2.75) is 33.2 Å². The molecule has 110 valence electrons. The van der Waals surface area contributed by atoms with Crippen LogP contribution in [0.1, 0.15) is 23.1 Å². The van der Waals surface area contributed by atoms with Crippen LogP contribution in [0.5, 0.6) is 0 Å². The highest BCUT2D eigenvalue weighted by atomic mass is 35.5. The summed E-state index contributed by atoms with van der Waals surface area (Å²) in [6, 6.07) is 2.04. The van der Waals surface area contributed by atoms with E-state index in [1.54, 1.807) is 0 Å². The van der Waals surface area contributed by atoms with E-state index in [9.17, 15) is 0 Å². The molecule has 3 aromatic heterocycles. The predicted octanol–water partition coefficient (Wildman–Crippen LogP) is 2.46. The minimum absolute atomic E-state index is 0.530. The zero-order chi connectivity index (χ0) is 14.8. The van der Waals surface area contributed by atoms with Crippen molar-refractivity contribution >= 4 is 22.8 Å². The van der Waals surface area contributed by atoms with Gasteiger partial charge >= 0.3 is 0 Å². The first-order valence-corrected chi connectivity index (χ1v) is 7.37. The number of aryl methyl sites for hydroxylation is 5. The van der Waals surface area contributed by atoms with Crippen LogP contribution in [-0.2, 0) is 19.4 Å². The van der Waals surface area contributed by atoms with Crippen LogP contribution in [0.25, 0.3) is 11.2 Å². The quantitative estimate of drug-likeness (QED) is 0.677. The van der Waals surface area contributed by atoms with Gasteiger partial charge in [-0.1, -0.05) is 5.16 Å². The predicted molar refractivity (Wildman–Crippen MR) is 79.4 cm³/mol. The monoisotopic (exact) mass is 305 g/mol. The van der Waals surface area contributed by atoms with E-state index in [4.69, 9.17) is 16.1 Å². The third kappa shape index (κ3) is 2.90. The minimum Gasteiger partial charge on any atom is -0.339 e. The highest BCUT2D eigenvalue weighted by molar-refractivity contribution is 6.17. The third-order valence-electron chi connectivity index (χ3n) is 3.24. The summed E-state index contributed by atoms with van der Waals surface area (Å²) in [7, 11) is 0. The van der Waals surface area contributed by atoms with E-state index in [0.29, 0.717) is 37.0 Å². The van der Waals surface area contributed by atoms with Crippen molar-refractivity contribution in [1.29, 1.82) is 0 Å². The molecule has 0 aromatic carbocycles. The number of hydrogen-bond acceptors (Lipinski definition) is 5. The highest BCUT2D eigenvalue weighted by Gasteiger charge is 2.13. The minimum atomic E-state index is 0.530. The van der Waals surface area contributed by atoms with Crippen molar-refractivity contribution in [2.75, 3.05) is 5.88 Å². The van der Waals surface area contributed by atoms with Crippen LogP contribution in [-0.4, -0.2) is 30.6 Å². The molecule has 0 unspecified atom stereocenters. The molecular formula is C14H16ClN5O. The molecule has 0 aliphatic rings. The second kappa shape index (κ2) is 5.81. The summed E-state index contributed by atoms with van der Waals surface area (Å²) in [6.07, 6.45) is 3.21. The highest BCUT2D eigenvalue weighted by Crippen LogP contribution is 2.17. The van der Waals surface area contributed by atoms with E-state index in [1.807, 2.05) is 26.1 Å². The molecule has 0 N–H and O–H groups in total. The van der Waals surface area contributed by atoms with Crippen molar-refractivity contribution in [3.63, 3.8) is 0 Å². The Balaban J connectivity index is 1.92. The van der Waals surface area contributed by atoms with Crippen LogP contribution in [0.4, 0.5) is 0 Å². The Morgan fingerprint density at radius 2 is 2.10 bits per heavy atom. The summed E-state index contributed by atoms with van der Waals surface area (Å²) in [6.45, 7) is 4.51. The van der Waals surface area contributed by atoms with E-state index >= 15 is 0 Å². The normalized spacial score (nSPS) is 11.4. The first-order valence-electron chi connectivity index (χ1n) is 6.84. The molecule has 3 rings (SSSR count). The molecule has 7 heteroatoms. The molecule has 0 spiro atoms. The zero-order valence-electron chi connectivity index (χ0n) is 12.0. The summed E-state index contributed by atoms with van der Waals surface area (Å²) in [5, 5.41) is 3.80. The van der Waals surface area contributed by atoms with Gasteiger partial charge in [0.25, 0.3) is 0 Å². The molecule has 0 saturated carbocycles. The largest absolute Gasteiger partial charge is 0.339 e. The summed E-state index contributed by atoms with van der Waals surface area (Å²) in [5.74, 6) is 2.74. The SMILES string of the molecule is Cc1cnc2c(c1)nc(CCCl)n2CCc1nc(C)no1. The van der Waals surface area contributed by atoms with E-state index in [0.717, 1.165) is 22.6 Å². The van der Waals surface area contributed by atoms with Gasteiger partial charge in [0, 0.05) is 31.5 Å². The van der Waals surface area contributed by atoms with Gasteiger partial charge in [-0.05, 0) is 25.5 Å². The molecule has 21 heavy (non-hydrogen) atoms. The Labute approximate surface area is 127 Å². The lowest BCUT2D eigenvalue weighted by Crippen LogP contribution is -2.08. The van der Waals surface area contributed by atoms with Crippen LogP contribution >= 0.6 is 11.6 Å². The zero-order valence-corrected chi connectivity index (χ0v) is 12.8. The molecule has 0 atom stereocenters. The van der Waals surface area contributed by atoms with Gasteiger partial charge in [0.05, 0.1) is 0 Å². The Morgan fingerprint density at radius 1 is 1.24 bits per heavy atom. The average molecular weight is 306 g/mol. The average Bonchev–Trinajstić information content (AvgIpc) is 3.00. The van der Waals surface area contributed by atoms with Crippen LogP contribution in [0.15, 0.2) is 16.8 Å². The van der Waals surface area contributed by atoms with Gasteiger partial charge in [-0.2, -0.15) is 4.98 Å². The summed E-state index contributed by atoms with van der Waals surface area (Å²) in [4.78, 5) is 13.3. The smallest absolute Gasteiger partial charge is 0.228 e. The number of halogens is 1. The van der Waals surface area contributed by atoms with E-state index < -0.39 is 0 Å². The Bertz CT molecular complexity index is 764.